The molecule has 3 rings (SSSR count). The van der Waals surface area contributed by atoms with E-state index in [0.29, 0.717) is 17.9 Å². The zero-order chi connectivity index (χ0) is 46.5. The molecule has 1 aromatic rings. The van der Waals surface area contributed by atoms with Gasteiger partial charge in [0.15, 0.2) is 26.3 Å². The summed E-state index contributed by atoms with van der Waals surface area (Å²) >= 11 is 0. The van der Waals surface area contributed by atoms with Crippen LogP contribution in [-0.4, -0.2) is 90.4 Å². The predicted molar refractivity (Wildman–Crippen MR) is 237 cm³/mol. The molecule has 0 radical (unpaired) electrons. The Morgan fingerprint density at radius 3 is 2.05 bits per heavy atom. The maximum Gasteiger partial charge on any atom is 0.346 e. The van der Waals surface area contributed by atoms with Crippen molar-refractivity contribution in [2.45, 2.75) is 200 Å². The van der Waals surface area contributed by atoms with E-state index in [1.807, 2.05) is 78.0 Å². The predicted octanol–water partition coefficient (Wildman–Crippen LogP) is 8.97. The summed E-state index contributed by atoms with van der Waals surface area (Å²) in [6.07, 6.45) is -2.35. The third-order valence-electron chi connectivity index (χ3n) is 11.8. The van der Waals surface area contributed by atoms with Gasteiger partial charge < -0.3 is 38.0 Å². The Morgan fingerprint density at radius 2 is 1.52 bits per heavy atom. The lowest BCUT2D eigenvalue weighted by Gasteiger charge is -2.47. The van der Waals surface area contributed by atoms with Crippen LogP contribution in [-0.2, 0) is 58.4 Å². The van der Waals surface area contributed by atoms with Gasteiger partial charge in [0.05, 0.1) is 0 Å². The van der Waals surface area contributed by atoms with Gasteiger partial charge in [0.2, 0.25) is 5.60 Å². The Labute approximate surface area is 366 Å². The van der Waals surface area contributed by atoms with Gasteiger partial charge in [0, 0.05) is 25.3 Å². The van der Waals surface area contributed by atoms with E-state index >= 15 is 0 Å². The number of hydrogen-bond donors (Lipinski definition) is 1. The second-order valence-corrected chi connectivity index (χ2v) is 25.6. The summed E-state index contributed by atoms with van der Waals surface area (Å²) in [6.45, 7) is 34.0. The number of allylic oxidation sites excluding steroid dienone is 1. The number of fused-ring (bicyclic) bond motifs is 2. The molecule has 4 unspecified atom stereocenters. The Kier molecular flexibility index (Phi) is 17.0. The van der Waals surface area contributed by atoms with Crippen LogP contribution in [0.25, 0.3) is 0 Å². The highest BCUT2D eigenvalue weighted by atomic mass is 28.4. The van der Waals surface area contributed by atoms with Crippen molar-refractivity contribution in [3.63, 3.8) is 0 Å². The fourth-order valence-electron chi connectivity index (χ4n) is 7.54. The van der Waals surface area contributed by atoms with E-state index in [4.69, 9.17) is 32.8 Å². The molecule has 2 bridgehead atoms. The molecule has 2 fully saturated rings. The lowest BCUT2D eigenvalue weighted by molar-refractivity contribution is -0.355. The van der Waals surface area contributed by atoms with E-state index in [1.165, 1.54) is 13.0 Å². The largest absolute Gasteiger partial charge is 0.458 e. The fourth-order valence-corrected chi connectivity index (χ4v) is 8.83. The minimum atomic E-state index is -2.92. The van der Waals surface area contributed by atoms with Crippen LogP contribution in [0.3, 0.4) is 0 Å². The molecule has 13 heteroatoms. The van der Waals surface area contributed by atoms with Crippen molar-refractivity contribution in [1.82, 2.24) is 0 Å². The van der Waals surface area contributed by atoms with Crippen molar-refractivity contribution in [2.75, 3.05) is 0 Å². The van der Waals surface area contributed by atoms with Crippen molar-refractivity contribution in [1.29, 1.82) is 0 Å². The van der Waals surface area contributed by atoms with Crippen molar-refractivity contribution < 1.29 is 57.1 Å². The van der Waals surface area contributed by atoms with Crippen LogP contribution in [0.2, 0.25) is 18.1 Å². The van der Waals surface area contributed by atoms with Gasteiger partial charge >= 0.3 is 23.9 Å². The summed E-state index contributed by atoms with van der Waals surface area (Å²) in [5, 5.41) is 12.0. The smallest absolute Gasteiger partial charge is 0.346 e. The zero-order valence-electron chi connectivity index (χ0n) is 39.8. The van der Waals surface area contributed by atoms with Crippen LogP contribution in [0.5, 0.6) is 0 Å². The van der Waals surface area contributed by atoms with Crippen LogP contribution in [0.1, 0.15) is 128 Å². The first-order valence-corrected chi connectivity index (χ1v) is 24.8. The van der Waals surface area contributed by atoms with E-state index < -0.39 is 90.3 Å². The number of ether oxygens (including phenoxy) is 6. The quantitative estimate of drug-likeness (QED) is 0.0493. The summed E-state index contributed by atoms with van der Waals surface area (Å²) in [7, 11) is -2.92. The first kappa shape index (κ1) is 52.0. The molecule has 344 valence electrons. The molecule has 0 aromatic heterocycles. The second-order valence-electron chi connectivity index (χ2n) is 20.8. The number of benzene rings is 1. The summed E-state index contributed by atoms with van der Waals surface area (Å²) in [6, 6.07) is 9.80. The van der Waals surface area contributed by atoms with Crippen molar-refractivity contribution in [3.8, 4) is 0 Å². The number of esters is 4. The van der Waals surface area contributed by atoms with Crippen molar-refractivity contribution in [3.05, 3.63) is 60.2 Å². The highest BCUT2D eigenvalue weighted by Gasteiger charge is 2.79. The minimum absolute atomic E-state index is 0.0259. The monoisotopic (exact) mass is 873 g/mol. The van der Waals surface area contributed by atoms with Gasteiger partial charge in [-0.2, -0.15) is 0 Å². The normalized spacial score (nSPS) is 26.5. The van der Waals surface area contributed by atoms with E-state index in [-0.39, 0.29) is 24.7 Å². The second kappa shape index (κ2) is 20.0. The number of aliphatic hydroxyl groups is 1. The number of carbonyl (C=O) groups is 4. The molecular weight excluding hydrogens is 797 g/mol. The van der Waals surface area contributed by atoms with Crippen LogP contribution in [0.4, 0.5) is 0 Å². The molecule has 0 spiro atoms. The van der Waals surface area contributed by atoms with Gasteiger partial charge in [0.25, 0.3) is 0 Å². The third-order valence-corrected chi connectivity index (χ3v) is 16.2. The maximum absolute atomic E-state index is 14.9. The first-order valence-electron chi connectivity index (χ1n) is 21.9. The minimum Gasteiger partial charge on any atom is -0.458 e. The summed E-state index contributed by atoms with van der Waals surface area (Å²) < 4.78 is 44.7. The van der Waals surface area contributed by atoms with E-state index in [0.717, 1.165) is 18.4 Å². The highest BCUT2D eigenvalue weighted by molar-refractivity contribution is 6.74. The summed E-state index contributed by atoms with van der Waals surface area (Å²) in [5.41, 5.74) is -3.13. The number of aliphatic hydroxyl groups excluding tert-OH is 1. The SMILES string of the molecule is C=C(CC[C@]12O[C@H](C(=O)OC(C)(C)C)[C@@H](O)[C@](C(=O)OC(C)(C)C)(O1)[C@H](OC(=O)/C=C/C(C)CC(C)CC)[C@H]2O[Si](C)(C)C(C)(C)C)C(OC(C)=O)C(C)Cc1ccccc1. The summed E-state index contributed by atoms with van der Waals surface area (Å²) in [4.78, 5) is 55.7. The van der Waals surface area contributed by atoms with Crippen LogP contribution in [0, 0.1) is 17.8 Å². The molecule has 1 aromatic carbocycles. The number of hydrogen-bond acceptors (Lipinski definition) is 12. The maximum atomic E-state index is 14.9. The van der Waals surface area contributed by atoms with Crippen LogP contribution in [0.15, 0.2) is 54.6 Å². The van der Waals surface area contributed by atoms with E-state index in [9.17, 15) is 24.3 Å². The van der Waals surface area contributed by atoms with Crippen LogP contribution >= 0.6 is 0 Å². The molecule has 1 N–H and O–H groups in total. The topological polar surface area (TPSA) is 153 Å². The van der Waals surface area contributed by atoms with Gasteiger partial charge in [-0.3, -0.25) is 4.79 Å². The van der Waals surface area contributed by atoms with Gasteiger partial charge in [0.1, 0.15) is 29.5 Å². The molecule has 10 atom stereocenters. The van der Waals surface area contributed by atoms with Gasteiger partial charge in [-0.05, 0) is 102 Å². The Hall–Kier alpha value is -3.36. The van der Waals surface area contributed by atoms with Crippen molar-refractivity contribution in [2.24, 2.45) is 17.8 Å². The van der Waals surface area contributed by atoms with Gasteiger partial charge in [-0.1, -0.05) is 97.9 Å². The molecule has 0 amide bonds. The standard InChI is InChI=1S/C48H76O12Si/c1-18-30(2)28-31(3)24-25-36(50)55-41-40(59-61(16,17)46(13,14)15)47(27-26-32(4)37(54-34(6)49)33(5)29-35-22-20-19-21-23-35)56-38(42(52)57-44(7,8)9)39(51)48(41,60-47)43(53)58-45(10,11)12/h19-25,30-31,33,37-41,51H,4,18,26-29H2,1-3,5-17H3/b25-24+/t30?,31?,33?,37?,38-,39+,40+,41+,47-,48-/m0/s1. The van der Waals surface area contributed by atoms with Crippen LogP contribution < -0.4 is 0 Å². The highest BCUT2D eigenvalue weighted by Crippen LogP contribution is 2.55. The fraction of sp³-hybridized carbons (Fsp3) is 0.708. The van der Waals surface area contributed by atoms with E-state index in [1.54, 1.807) is 47.6 Å². The van der Waals surface area contributed by atoms with Crippen molar-refractivity contribution >= 4 is 32.2 Å². The molecule has 12 nitrogen and oxygen atoms in total. The Balaban J connectivity index is 2.31. The molecule has 2 heterocycles. The molecular formula is C48H76O12Si. The number of carbonyl (C=O) groups excluding carboxylic acids is 4. The lowest BCUT2D eigenvalue weighted by Crippen LogP contribution is -2.68. The lowest BCUT2D eigenvalue weighted by atomic mass is 9.85. The molecule has 2 aliphatic rings. The zero-order valence-corrected chi connectivity index (χ0v) is 40.8. The summed E-state index contributed by atoms with van der Waals surface area (Å²) in [5.74, 6) is -5.16. The van der Waals surface area contributed by atoms with E-state index in [2.05, 4.69) is 20.4 Å². The number of rotatable bonds is 18. The molecule has 0 saturated carbocycles. The average molecular weight is 873 g/mol. The van der Waals surface area contributed by atoms with Gasteiger partial charge in [-0.15, -0.1) is 0 Å². The Morgan fingerprint density at radius 1 is 0.934 bits per heavy atom. The third kappa shape index (κ3) is 13.3. The molecule has 61 heavy (non-hydrogen) atoms. The average Bonchev–Trinajstić information content (AvgIpc) is 3.33. The van der Waals surface area contributed by atoms with Gasteiger partial charge in [-0.25, -0.2) is 14.4 Å². The molecule has 0 aliphatic carbocycles. The first-order chi connectivity index (χ1) is 27.9. The Bertz CT molecular complexity index is 1720. The molecule has 2 saturated heterocycles. The molecule has 2 aliphatic heterocycles.